The molecule has 0 saturated carbocycles. The lowest BCUT2D eigenvalue weighted by atomic mass is 9.78. The van der Waals surface area contributed by atoms with E-state index in [4.69, 9.17) is 4.74 Å². The molecule has 1 saturated heterocycles. The molecule has 3 aromatic rings. The van der Waals surface area contributed by atoms with Gasteiger partial charge in [0.2, 0.25) is 5.91 Å². The second-order valence-corrected chi connectivity index (χ2v) is 8.93. The normalized spacial score (nSPS) is 18.5. The van der Waals surface area contributed by atoms with Crippen molar-refractivity contribution in [3.63, 3.8) is 0 Å². The molecular formula is C26H23BrFNO4. The van der Waals surface area contributed by atoms with Crippen LogP contribution in [0.25, 0.3) is 0 Å². The number of esters is 1. The van der Waals surface area contributed by atoms with Crippen LogP contribution in [0.1, 0.15) is 43.0 Å². The van der Waals surface area contributed by atoms with Gasteiger partial charge in [0.25, 0.3) is 0 Å². The SMILES string of the molecule is CC(=O)Oc1cc(Br)ccc1[C@@H]1[C@@H](CC[C@H](O)c2ccc(F)cc2)C(=O)N1c1ccccc1. The molecule has 0 bridgehead atoms. The van der Waals surface area contributed by atoms with E-state index in [2.05, 4.69) is 15.9 Å². The third-order valence-electron chi connectivity index (χ3n) is 5.80. The van der Waals surface area contributed by atoms with Gasteiger partial charge in [-0.25, -0.2) is 4.39 Å². The number of hydrogen-bond acceptors (Lipinski definition) is 4. The van der Waals surface area contributed by atoms with E-state index in [1.165, 1.54) is 19.1 Å². The summed E-state index contributed by atoms with van der Waals surface area (Å²) < 4.78 is 19.4. The first-order valence-electron chi connectivity index (χ1n) is 10.6. The Morgan fingerprint density at radius 3 is 2.48 bits per heavy atom. The quantitative estimate of drug-likeness (QED) is 0.250. The van der Waals surface area contributed by atoms with Gasteiger partial charge < -0.3 is 14.7 Å². The maximum Gasteiger partial charge on any atom is 0.308 e. The number of benzene rings is 3. The molecule has 1 heterocycles. The van der Waals surface area contributed by atoms with Crippen LogP contribution in [0.2, 0.25) is 0 Å². The lowest BCUT2D eigenvalue weighted by Gasteiger charge is -2.48. The zero-order valence-electron chi connectivity index (χ0n) is 17.9. The minimum Gasteiger partial charge on any atom is -0.426 e. The highest BCUT2D eigenvalue weighted by atomic mass is 79.9. The van der Waals surface area contributed by atoms with Crippen LogP contribution < -0.4 is 9.64 Å². The van der Waals surface area contributed by atoms with Gasteiger partial charge in [-0.3, -0.25) is 9.59 Å². The maximum atomic E-state index is 13.2. The average molecular weight is 512 g/mol. The van der Waals surface area contributed by atoms with Crippen molar-refractivity contribution < 1.29 is 23.8 Å². The zero-order valence-corrected chi connectivity index (χ0v) is 19.5. The van der Waals surface area contributed by atoms with Crippen LogP contribution in [0.4, 0.5) is 10.1 Å². The lowest BCUT2D eigenvalue weighted by molar-refractivity contribution is -0.132. The number of para-hydroxylation sites is 1. The molecule has 3 aromatic carbocycles. The number of anilines is 1. The fourth-order valence-corrected chi connectivity index (χ4v) is 4.59. The summed E-state index contributed by atoms with van der Waals surface area (Å²) in [7, 11) is 0. The van der Waals surface area contributed by atoms with Crippen LogP contribution in [-0.2, 0) is 9.59 Å². The van der Waals surface area contributed by atoms with Crippen LogP contribution >= 0.6 is 15.9 Å². The summed E-state index contributed by atoms with van der Waals surface area (Å²) in [6.45, 7) is 1.34. The smallest absolute Gasteiger partial charge is 0.308 e. The molecule has 170 valence electrons. The van der Waals surface area contributed by atoms with E-state index in [-0.39, 0.29) is 17.8 Å². The minimum atomic E-state index is -0.817. The van der Waals surface area contributed by atoms with E-state index < -0.39 is 18.0 Å². The first kappa shape index (κ1) is 23.1. The summed E-state index contributed by atoms with van der Waals surface area (Å²) in [5.41, 5.74) is 2.07. The molecule has 0 aliphatic carbocycles. The molecule has 5 nitrogen and oxygen atoms in total. The van der Waals surface area contributed by atoms with Gasteiger partial charge in [0.15, 0.2) is 0 Å². The van der Waals surface area contributed by atoms with Crippen molar-refractivity contribution in [1.82, 2.24) is 0 Å². The van der Waals surface area contributed by atoms with Crippen molar-refractivity contribution in [2.75, 3.05) is 4.90 Å². The van der Waals surface area contributed by atoms with Gasteiger partial charge >= 0.3 is 5.97 Å². The Hall–Kier alpha value is -3.03. The Kier molecular flexibility index (Phi) is 6.91. The number of aliphatic hydroxyl groups excluding tert-OH is 1. The number of carbonyl (C=O) groups excluding carboxylic acids is 2. The summed E-state index contributed by atoms with van der Waals surface area (Å²) >= 11 is 3.41. The van der Waals surface area contributed by atoms with E-state index in [0.717, 1.165) is 15.7 Å². The molecule has 7 heteroatoms. The van der Waals surface area contributed by atoms with Crippen molar-refractivity contribution in [2.24, 2.45) is 5.92 Å². The van der Waals surface area contributed by atoms with Gasteiger partial charge in [-0.15, -0.1) is 0 Å². The molecule has 1 aliphatic rings. The third kappa shape index (κ3) is 4.99. The largest absolute Gasteiger partial charge is 0.426 e. The number of aliphatic hydroxyl groups is 1. The molecule has 1 N–H and O–H groups in total. The standard InChI is InChI=1S/C26H23BrFNO4/c1-16(30)33-24-15-18(27)9-12-21(24)25-22(26(32)29(25)20-5-3-2-4-6-20)13-14-23(31)17-7-10-19(28)11-8-17/h2-12,15,22-23,25,31H,13-14H2,1H3/t22-,23+,25-/m1/s1. The van der Waals surface area contributed by atoms with Crippen LogP contribution in [0, 0.1) is 11.7 Å². The summed E-state index contributed by atoms with van der Waals surface area (Å²) in [5, 5.41) is 10.6. The number of β-lactam (4-membered cyclic amide) rings is 1. The van der Waals surface area contributed by atoms with Crippen molar-refractivity contribution in [3.05, 3.63) is 94.2 Å². The van der Waals surface area contributed by atoms with Crippen molar-refractivity contribution >= 4 is 33.5 Å². The predicted molar refractivity (Wildman–Crippen MR) is 126 cm³/mol. The van der Waals surface area contributed by atoms with Gasteiger partial charge in [0.05, 0.1) is 18.1 Å². The van der Waals surface area contributed by atoms with E-state index in [1.54, 1.807) is 23.1 Å². The summed E-state index contributed by atoms with van der Waals surface area (Å²) in [5.74, 6) is -0.897. The average Bonchev–Trinajstić information content (AvgIpc) is 2.79. The van der Waals surface area contributed by atoms with Crippen LogP contribution in [-0.4, -0.2) is 17.0 Å². The topological polar surface area (TPSA) is 66.8 Å². The van der Waals surface area contributed by atoms with Crippen molar-refractivity contribution in [2.45, 2.75) is 31.9 Å². The molecule has 0 aromatic heterocycles. The second-order valence-electron chi connectivity index (χ2n) is 8.02. The molecule has 1 fully saturated rings. The summed E-state index contributed by atoms with van der Waals surface area (Å²) in [6.07, 6.45) is -0.0654. The van der Waals surface area contributed by atoms with E-state index in [9.17, 15) is 19.1 Å². The Bertz CT molecular complexity index is 1150. The Labute approximate surface area is 199 Å². The number of amides is 1. The van der Waals surface area contributed by atoms with Gasteiger partial charge in [-0.1, -0.05) is 52.3 Å². The first-order chi connectivity index (χ1) is 15.8. The van der Waals surface area contributed by atoms with Crippen LogP contribution in [0.3, 0.4) is 0 Å². The monoisotopic (exact) mass is 511 g/mol. The van der Waals surface area contributed by atoms with Crippen molar-refractivity contribution in [3.8, 4) is 5.75 Å². The Balaban J connectivity index is 1.63. The minimum absolute atomic E-state index is 0.0609. The molecule has 4 rings (SSSR count). The highest BCUT2D eigenvalue weighted by Gasteiger charge is 2.49. The van der Waals surface area contributed by atoms with Crippen LogP contribution in [0.15, 0.2) is 77.3 Å². The number of carbonyl (C=O) groups is 2. The molecular weight excluding hydrogens is 489 g/mol. The number of rotatable bonds is 7. The number of hydrogen-bond donors (Lipinski definition) is 1. The summed E-state index contributed by atoms with van der Waals surface area (Å²) in [4.78, 5) is 26.6. The van der Waals surface area contributed by atoms with Crippen molar-refractivity contribution in [1.29, 1.82) is 0 Å². The molecule has 1 amide bonds. The number of nitrogens with zero attached hydrogens (tertiary/aromatic N) is 1. The Morgan fingerprint density at radius 1 is 1.12 bits per heavy atom. The fraction of sp³-hybridized carbons (Fsp3) is 0.231. The second kappa shape index (κ2) is 9.85. The van der Waals surface area contributed by atoms with E-state index >= 15 is 0 Å². The molecule has 0 spiro atoms. The third-order valence-corrected chi connectivity index (χ3v) is 6.30. The van der Waals surface area contributed by atoms with E-state index in [0.29, 0.717) is 24.2 Å². The molecule has 33 heavy (non-hydrogen) atoms. The fourth-order valence-electron chi connectivity index (χ4n) is 4.25. The molecule has 3 atom stereocenters. The predicted octanol–water partition coefficient (Wildman–Crippen LogP) is 5.73. The zero-order chi connectivity index (χ0) is 23.5. The maximum absolute atomic E-state index is 13.2. The molecule has 1 aliphatic heterocycles. The van der Waals surface area contributed by atoms with Gasteiger partial charge in [-0.2, -0.15) is 0 Å². The van der Waals surface area contributed by atoms with Gasteiger partial charge in [-0.05, 0) is 54.8 Å². The van der Waals surface area contributed by atoms with Gasteiger partial charge in [0.1, 0.15) is 11.6 Å². The number of halogens is 2. The first-order valence-corrected chi connectivity index (χ1v) is 11.4. The molecule has 0 radical (unpaired) electrons. The van der Waals surface area contributed by atoms with E-state index in [1.807, 2.05) is 42.5 Å². The summed E-state index contributed by atoms with van der Waals surface area (Å²) in [6, 6.07) is 20.1. The molecule has 0 unspecified atom stereocenters. The highest BCUT2D eigenvalue weighted by Crippen LogP contribution is 2.49. The number of ether oxygens (including phenoxy) is 1. The Morgan fingerprint density at radius 2 is 1.82 bits per heavy atom. The van der Waals surface area contributed by atoms with Gasteiger partial charge in [0, 0.05) is 22.6 Å². The highest BCUT2D eigenvalue weighted by molar-refractivity contribution is 9.10. The lowest BCUT2D eigenvalue weighted by Crippen LogP contribution is -2.55. The van der Waals surface area contributed by atoms with Crippen LogP contribution in [0.5, 0.6) is 5.75 Å².